The second-order valence-corrected chi connectivity index (χ2v) is 2.77. The Morgan fingerprint density at radius 1 is 1.57 bits per heavy atom. The van der Waals surface area contributed by atoms with Crippen molar-refractivity contribution in [3.8, 4) is 0 Å². The molecule has 1 aromatic rings. The van der Waals surface area contributed by atoms with Gasteiger partial charge in [0, 0.05) is 0 Å². The zero-order chi connectivity index (χ0) is 10.7. The van der Waals surface area contributed by atoms with Crippen LogP contribution < -0.4 is 0 Å². The molecule has 0 fully saturated rings. The number of esters is 1. The van der Waals surface area contributed by atoms with Gasteiger partial charge in [-0.15, -0.1) is 0 Å². The van der Waals surface area contributed by atoms with Gasteiger partial charge in [0.15, 0.2) is 0 Å². The highest BCUT2D eigenvalue weighted by molar-refractivity contribution is 5.93. The van der Waals surface area contributed by atoms with Crippen LogP contribution >= 0.6 is 0 Å². The molecule has 0 aliphatic heterocycles. The molecule has 0 amide bonds. The molecule has 2 N–H and O–H groups in total. The van der Waals surface area contributed by atoms with E-state index in [0.29, 0.717) is 5.56 Å². The van der Waals surface area contributed by atoms with Gasteiger partial charge in [0.05, 0.1) is 6.61 Å². The van der Waals surface area contributed by atoms with Crippen molar-refractivity contribution in [2.24, 2.45) is 0 Å². The molecule has 1 rings (SSSR count). The normalized spacial score (nSPS) is 9.86. The molecule has 5 heteroatoms. The SMILES string of the molecule is CCOC(=O)c1cc(C)c(C(=O)O)[nH]1. The first kappa shape index (κ1) is 10.3. The fourth-order valence-corrected chi connectivity index (χ4v) is 1.10. The monoisotopic (exact) mass is 197 g/mol. The molecule has 0 radical (unpaired) electrons. The number of H-pyrrole nitrogens is 1. The summed E-state index contributed by atoms with van der Waals surface area (Å²) >= 11 is 0. The third-order valence-corrected chi connectivity index (χ3v) is 1.72. The highest BCUT2D eigenvalue weighted by Gasteiger charge is 2.15. The molecule has 0 saturated heterocycles. The van der Waals surface area contributed by atoms with Crippen molar-refractivity contribution in [2.75, 3.05) is 6.61 Å². The summed E-state index contributed by atoms with van der Waals surface area (Å²) in [7, 11) is 0. The topological polar surface area (TPSA) is 79.4 Å². The van der Waals surface area contributed by atoms with Crippen LogP contribution in [0.3, 0.4) is 0 Å². The van der Waals surface area contributed by atoms with E-state index in [2.05, 4.69) is 4.98 Å². The summed E-state index contributed by atoms with van der Waals surface area (Å²) in [4.78, 5) is 24.3. The molecular weight excluding hydrogens is 186 g/mol. The fourth-order valence-electron chi connectivity index (χ4n) is 1.10. The Bertz CT molecular complexity index is 367. The number of ether oxygens (including phenoxy) is 1. The van der Waals surface area contributed by atoms with E-state index >= 15 is 0 Å². The first-order valence-electron chi connectivity index (χ1n) is 4.16. The molecule has 14 heavy (non-hydrogen) atoms. The number of aromatic nitrogens is 1. The molecule has 0 atom stereocenters. The van der Waals surface area contributed by atoms with E-state index in [1.807, 2.05) is 0 Å². The fraction of sp³-hybridized carbons (Fsp3) is 0.333. The minimum atomic E-state index is -1.09. The van der Waals surface area contributed by atoms with Gasteiger partial charge in [-0.1, -0.05) is 0 Å². The quantitative estimate of drug-likeness (QED) is 0.713. The number of carbonyl (C=O) groups is 2. The van der Waals surface area contributed by atoms with E-state index in [9.17, 15) is 9.59 Å². The van der Waals surface area contributed by atoms with Crippen molar-refractivity contribution in [2.45, 2.75) is 13.8 Å². The van der Waals surface area contributed by atoms with Crippen LogP contribution in [0.25, 0.3) is 0 Å². The lowest BCUT2D eigenvalue weighted by Crippen LogP contribution is -2.06. The Morgan fingerprint density at radius 2 is 2.21 bits per heavy atom. The Labute approximate surface area is 80.7 Å². The van der Waals surface area contributed by atoms with Crippen LogP contribution in [0.4, 0.5) is 0 Å². The van der Waals surface area contributed by atoms with Crippen molar-refractivity contribution in [1.82, 2.24) is 4.98 Å². The van der Waals surface area contributed by atoms with Crippen LogP contribution in [0.1, 0.15) is 33.5 Å². The number of carbonyl (C=O) groups excluding carboxylic acids is 1. The van der Waals surface area contributed by atoms with Gasteiger partial charge in [0.2, 0.25) is 0 Å². The summed E-state index contributed by atoms with van der Waals surface area (Å²) in [5, 5.41) is 8.71. The van der Waals surface area contributed by atoms with E-state index in [1.54, 1.807) is 13.8 Å². The number of carboxylic acid groups (broad SMARTS) is 1. The summed E-state index contributed by atoms with van der Waals surface area (Å²) < 4.78 is 4.71. The summed E-state index contributed by atoms with van der Waals surface area (Å²) in [6.45, 7) is 3.56. The molecule has 0 spiro atoms. The molecule has 0 saturated carbocycles. The van der Waals surface area contributed by atoms with Crippen LogP contribution in [0.15, 0.2) is 6.07 Å². The molecular formula is C9H11NO4. The second kappa shape index (κ2) is 3.95. The van der Waals surface area contributed by atoms with Gasteiger partial charge in [-0.25, -0.2) is 9.59 Å². The first-order chi connectivity index (χ1) is 6.56. The maximum atomic E-state index is 11.2. The third-order valence-electron chi connectivity index (χ3n) is 1.72. The lowest BCUT2D eigenvalue weighted by atomic mass is 10.2. The van der Waals surface area contributed by atoms with Gasteiger partial charge in [-0.2, -0.15) is 0 Å². The highest BCUT2D eigenvalue weighted by Crippen LogP contribution is 2.10. The van der Waals surface area contributed by atoms with Crippen molar-refractivity contribution in [1.29, 1.82) is 0 Å². The molecule has 0 aliphatic rings. The average molecular weight is 197 g/mol. The predicted molar refractivity (Wildman–Crippen MR) is 48.4 cm³/mol. The molecule has 0 aromatic carbocycles. The maximum Gasteiger partial charge on any atom is 0.354 e. The Balaban J connectivity index is 2.96. The standard InChI is InChI=1S/C9H11NO4/c1-3-14-9(13)6-4-5(2)7(10-6)8(11)12/h4,10H,3H2,1-2H3,(H,11,12). The highest BCUT2D eigenvalue weighted by atomic mass is 16.5. The average Bonchev–Trinajstić information content (AvgIpc) is 2.48. The van der Waals surface area contributed by atoms with Gasteiger partial charge < -0.3 is 14.8 Å². The van der Waals surface area contributed by atoms with Crippen molar-refractivity contribution >= 4 is 11.9 Å². The smallest absolute Gasteiger partial charge is 0.354 e. The van der Waals surface area contributed by atoms with Crippen LogP contribution in [0.5, 0.6) is 0 Å². The van der Waals surface area contributed by atoms with Crippen molar-refractivity contribution < 1.29 is 19.4 Å². The van der Waals surface area contributed by atoms with E-state index in [1.165, 1.54) is 6.07 Å². The zero-order valence-electron chi connectivity index (χ0n) is 7.96. The summed E-state index contributed by atoms with van der Waals surface area (Å²) in [5.41, 5.74) is 0.704. The van der Waals surface area contributed by atoms with E-state index < -0.39 is 11.9 Å². The maximum absolute atomic E-state index is 11.2. The molecule has 5 nitrogen and oxygen atoms in total. The minimum Gasteiger partial charge on any atom is -0.477 e. The largest absolute Gasteiger partial charge is 0.477 e. The molecule has 0 unspecified atom stereocenters. The van der Waals surface area contributed by atoms with Gasteiger partial charge in [0.25, 0.3) is 0 Å². The van der Waals surface area contributed by atoms with Crippen LogP contribution in [0, 0.1) is 6.92 Å². The number of hydrogen-bond acceptors (Lipinski definition) is 3. The first-order valence-corrected chi connectivity index (χ1v) is 4.16. The number of rotatable bonds is 3. The number of aryl methyl sites for hydroxylation is 1. The molecule has 0 aliphatic carbocycles. The number of nitrogens with one attached hydrogen (secondary N) is 1. The second-order valence-electron chi connectivity index (χ2n) is 2.77. The van der Waals surface area contributed by atoms with Crippen LogP contribution in [0.2, 0.25) is 0 Å². The summed E-state index contributed by atoms with van der Waals surface area (Å²) in [5.74, 6) is -1.62. The summed E-state index contributed by atoms with van der Waals surface area (Å²) in [6.07, 6.45) is 0. The van der Waals surface area contributed by atoms with E-state index in [-0.39, 0.29) is 18.0 Å². The third kappa shape index (κ3) is 1.93. The van der Waals surface area contributed by atoms with Crippen molar-refractivity contribution in [3.63, 3.8) is 0 Å². The Kier molecular flexibility index (Phi) is 2.91. The van der Waals surface area contributed by atoms with Gasteiger partial charge in [0.1, 0.15) is 11.4 Å². The van der Waals surface area contributed by atoms with Gasteiger partial charge in [-0.05, 0) is 25.5 Å². The lowest BCUT2D eigenvalue weighted by Gasteiger charge is -1.97. The molecule has 1 heterocycles. The number of aromatic carboxylic acids is 1. The molecule has 0 bridgehead atoms. The molecule has 1 aromatic heterocycles. The van der Waals surface area contributed by atoms with E-state index in [4.69, 9.17) is 9.84 Å². The van der Waals surface area contributed by atoms with Gasteiger partial charge >= 0.3 is 11.9 Å². The predicted octanol–water partition coefficient (Wildman–Crippen LogP) is 1.20. The van der Waals surface area contributed by atoms with Crippen molar-refractivity contribution in [3.05, 3.63) is 23.0 Å². The number of carboxylic acids is 1. The Hall–Kier alpha value is -1.78. The molecule has 76 valence electrons. The Morgan fingerprint density at radius 3 is 2.64 bits per heavy atom. The number of hydrogen-bond donors (Lipinski definition) is 2. The van der Waals surface area contributed by atoms with Crippen LogP contribution in [-0.2, 0) is 4.74 Å². The lowest BCUT2D eigenvalue weighted by molar-refractivity contribution is 0.0520. The summed E-state index contributed by atoms with van der Waals surface area (Å²) in [6, 6.07) is 1.46. The zero-order valence-corrected chi connectivity index (χ0v) is 7.96. The van der Waals surface area contributed by atoms with E-state index in [0.717, 1.165) is 0 Å². The minimum absolute atomic E-state index is 0.0213. The number of aromatic amines is 1. The van der Waals surface area contributed by atoms with Crippen LogP contribution in [-0.4, -0.2) is 28.6 Å². The van der Waals surface area contributed by atoms with Gasteiger partial charge in [-0.3, -0.25) is 0 Å².